The first-order valence-electron chi connectivity index (χ1n) is 7.97. The van der Waals surface area contributed by atoms with E-state index in [-0.39, 0.29) is 5.91 Å². The van der Waals surface area contributed by atoms with Gasteiger partial charge in [0, 0.05) is 12.0 Å². The maximum Gasteiger partial charge on any atom is 0.251 e. The summed E-state index contributed by atoms with van der Waals surface area (Å²) in [5.41, 5.74) is 6.72. The summed E-state index contributed by atoms with van der Waals surface area (Å²) < 4.78 is 0. The average molecular weight is 339 g/mol. The third kappa shape index (κ3) is 5.46. The van der Waals surface area contributed by atoms with Crippen LogP contribution in [-0.4, -0.2) is 29.8 Å². The van der Waals surface area contributed by atoms with Crippen LogP contribution in [0.1, 0.15) is 22.8 Å². The normalized spacial score (nSPS) is 12.7. The molecule has 0 saturated heterocycles. The first-order valence-corrected chi connectivity index (χ1v) is 7.97. The molecule has 0 aliphatic rings. The van der Waals surface area contributed by atoms with Crippen molar-refractivity contribution in [3.63, 3.8) is 0 Å². The second kappa shape index (κ2) is 8.63. The minimum absolute atomic E-state index is 0.293. The quantitative estimate of drug-likeness (QED) is 0.702. The van der Waals surface area contributed by atoms with Gasteiger partial charge in [0.25, 0.3) is 5.91 Å². The van der Waals surface area contributed by atoms with Crippen molar-refractivity contribution in [1.82, 2.24) is 10.6 Å². The minimum atomic E-state index is -0.842. The van der Waals surface area contributed by atoms with Crippen molar-refractivity contribution in [3.05, 3.63) is 71.8 Å². The van der Waals surface area contributed by atoms with E-state index in [2.05, 4.69) is 10.6 Å². The number of carbonyl (C=O) groups excluding carboxylic acids is 3. The van der Waals surface area contributed by atoms with E-state index in [1.807, 2.05) is 30.3 Å². The lowest BCUT2D eigenvalue weighted by atomic mass is 10.1. The van der Waals surface area contributed by atoms with Gasteiger partial charge in [-0.3, -0.25) is 14.4 Å². The first-order chi connectivity index (χ1) is 12.0. The van der Waals surface area contributed by atoms with Gasteiger partial charge in [-0.05, 0) is 24.6 Å². The Labute approximate surface area is 146 Å². The Balaban J connectivity index is 1.95. The number of benzene rings is 2. The van der Waals surface area contributed by atoms with Crippen LogP contribution in [0, 0.1) is 0 Å². The predicted molar refractivity (Wildman–Crippen MR) is 94.6 cm³/mol. The molecule has 2 atom stereocenters. The molecule has 0 aliphatic heterocycles. The fourth-order valence-corrected chi connectivity index (χ4v) is 2.30. The van der Waals surface area contributed by atoms with E-state index in [0.29, 0.717) is 12.0 Å². The van der Waals surface area contributed by atoms with Crippen LogP contribution in [0.15, 0.2) is 60.7 Å². The molecule has 2 aromatic carbocycles. The SMILES string of the molecule is C[C@H](NC(=O)c1ccccc1)C(=O)N[C@@H](Cc1ccccc1)C(N)=O. The van der Waals surface area contributed by atoms with E-state index in [4.69, 9.17) is 5.73 Å². The van der Waals surface area contributed by atoms with E-state index < -0.39 is 23.9 Å². The molecule has 0 aliphatic carbocycles. The molecule has 3 amide bonds. The number of rotatable bonds is 7. The molecule has 0 fully saturated rings. The molecule has 0 saturated carbocycles. The number of hydrogen-bond acceptors (Lipinski definition) is 3. The Hall–Kier alpha value is -3.15. The molecule has 25 heavy (non-hydrogen) atoms. The summed E-state index contributed by atoms with van der Waals surface area (Å²) in [5, 5.41) is 5.19. The standard InChI is InChI=1S/C19H21N3O3/c1-13(21-19(25)15-10-6-3-7-11-15)18(24)22-16(17(20)23)12-14-8-4-2-5-9-14/h2-11,13,16H,12H2,1H3,(H2,20,23)(H,21,25)(H,22,24)/t13-,16-/m0/s1. The van der Waals surface area contributed by atoms with Crippen LogP contribution in [0.3, 0.4) is 0 Å². The van der Waals surface area contributed by atoms with Crippen molar-refractivity contribution in [2.24, 2.45) is 5.73 Å². The number of nitrogens with two attached hydrogens (primary N) is 1. The molecule has 2 aromatic rings. The van der Waals surface area contributed by atoms with Crippen molar-refractivity contribution < 1.29 is 14.4 Å². The van der Waals surface area contributed by atoms with Gasteiger partial charge < -0.3 is 16.4 Å². The lowest BCUT2D eigenvalue weighted by Gasteiger charge is -2.19. The van der Waals surface area contributed by atoms with Crippen molar-refractivity contribution >= 4 is 17.7 Å². The summed E-state index contributed by atoms with van der Waals surface area (Å²) in [7, 11) is 0. The van der Waals surface area contributed by atoms with Gasteiger partial charge in [-0.15, -0.1) is 0 Å². The summed E-state index contributed by atoms with van der Waals surface area (Å²) in [4.78, 5) is 36.0. The van der Waals surface area contributed by atoms with Gasteiger partial charge in [-0.1, -0.05) is 48.5 Å². The number of hydrogen-bond donors (Lipinski definition) is 3. The highest BCUT2D eigenvalue weighted by Crippen LogP contribution is 2.04. The van der Waals surface area contributed by atoms with E-state index in [1.165, 1.54) is 0 Å². The van der Waals surface area contributed by atoms with Crippen LogP contribution in [0.4, 0.5) is 0 Å². The highest BCUT2D eigenvalue weighted by Gasteiger charge is 2.23. The van der Waals surface area contributed by atoms with E-state index in [0.717, 1.165) is 5.56 Å². The second-order valence-corrected chi connectivity index (χ2v) is 5.71. The molecule has 130 valence electrons. The van der Waals surface area contributed by atoms with Crippen molar-refractivity contribution in [1.29, 1.82) is 0 Å². The number of primary amides is 1. The van der Waals surface area contributed by atoms with Crippen LogP contribution < -0.4 is 16.4 Å². The molecule has 0 aromatic heterocycles. The Morgan fingerprint density at radius 2 is 1.48 bits per heavy atom. The van der Waals surface area contributed by atoms with E-state index >= 15 is 0 Å². The van der Waals surface area contributed by atoms with Gasteiger partial charge >= 0.3 is 0 Å². The Morgan fingerprint density at radius 3 is 2.04 bits per heavy atom. The van der Waals surface area contributed by atoms with Crippen molar-refractivity contribution in [2.75, 3.05) is 0 Å². The van der Waals surface area contributed by atoms with Gasteiger partial charge in [0.1, 0.15) is 12.1 Å². The van der Waals surface area contributed by atoms with Crippen LogP contribution in [0.2, 0.25) is 0 Å². The summed E-state index contributed by atoms with van der Waals surface area (Å²) in [6, 6.07) is 16.2. The van der Waals surface area contributed by atoms with Gasteiger partial charge in [0.2, 0.25) is 11.8 Å². The Kier molecular flexibility index (Phi) is 6.28. The Morgan fingerprint density at radius 1 is 0.920 bits per heavy atom. The predicted octanol–water partition coefficient (Wildman–Crippen LogP) is 1.02. The van der Waals surface area contributed by atoms with Crippen LogP contribution >= 0.6 is 0 Å². The van der Waals surface area contributed by atoms with Crippen molar-refractivity contribution in [2.45, 2.75) is 25.4 Å². The molecule has 0 radical (unpaired) electrons. The fraction of sp³-hybridized carbons (Fsp3) is 0.211. The second-order valence-electron chi connectivity index (χ2n) is 5.71. The highest BCUT2D eigenvalue weighted by atomic mass is 16.2. The monoisotopic (exact) mass is 339 g/mol. The summed E-state index contributed by atoms with van der Waals surface area (Å²) in [6.07, 6.45) is 0.293. The molecule has 6 nitrogen and oxygen atoms in total. The maximum atomic E-state index is 12.3. The highest BCUT2D eigenvalue weighted by molar-refractivity contribution is 5.98. The zero-order valence-electron chi connectivity index (χ0n) is 13.9. The topological polar surface area (TPSA) is 101 Å². The maximum absolute atomic E-state index is 12.3. The van der Waals surface area contributed by atoms with E-state index in [9.17, 15) is 14.4 Å². The summed E-state index contributed by atoms with van der Waals surface area (Å²) >= 11 is 0. The molecule has 2 rings (SSSR count). The molecule has 0 spiro atoms. The number of amides is 3. The molecule has 0 bridgehead atoms. The van der Waals surface area contributed by atoms with Gasteiger partial charge in [-0.25, -0.2) is 0 Å². The van der Waals surface area contributed by atoms with Crippen molar-refractivity contribution in [3.8, 4) is 0 Å². The molecule has 0 unspecified atom stereocenters. The smallest absolute Gasteiger partial charge is 0.251 e. The van der Waals surface area contributed by atoms with Gasteiger partial charge in [0.05, 0.1) is 0 Å². The summed E-state index contributed by atoms with van der Waals surface area (Å²) in [6.45, 7) is 1.55. The lowest BCUT2D eigenvalue weighted by Crippen LogP contribution is -2.52. The van der Waals surface area contributed by atoms with E-state index in [1.54, 1.807) is 37.3 Å². The number of nitrogens with one attached hydrogen (secondary N) is 2. The van der Waals surface area contributed by atoms with Gasteiger partial charge in [-0.2, -0.15) is 0 Å². The molecular formula is C19H21N3O3. The van der Waals surface area contributed by atoms with Crippen LogP contribution in [0.25, 0.3) is 0 Å². The molecular weight excluding hydrogens is 318 g/mol. The largest absolute Gasteiger partial charge is 0.368 e. The first kappa shape index (κ1) is 18.2. The molecule has 0 heterocycles. The van der Waals surface area contributed by atoms with Crippen LogP contribution in [0.5, 0.6) is 0 Å². The van der Waals surface area contributed by atoms with Crippen LogP contribution in [-0.2, 0) is 16.0 Å². The third-order valence-corrected chi connectivity index (χ3v) is 3.72. The summed E-state index contributed by atoms with van der Waals surface area (Å²) in [5.74, 6) is -1.45. The number of carbonyl (C=O) groups is 3. The zero-order valence-corrected chi connectivity index (χ0v) is 13.9. The fourth-order valence-electron chi connectivity index (χ4n) is 2.30. The lowest BCUT2D eigenvalue weighted by molar-refractivity contribution is -0.128. The molecule has 4 N–H and O–H groups in total. The zero-order chi connectivity index (χ0) is 18.2. The minimum Gasteiger partial charge on any atom is -0.368 e. The van der Waals surface area contributed by atoms with Gasteiger partial charge in [0.15, 0.2) is 0 Å². The average Bonchev–Trinajstić information content (AvgIpc) is 2.62. The third-order valence-electron chi connectivity index (χ3n) is 3.72. The molecule has 6 heteroatoms. The Bertz CT molecular complexity index is 732.